The van der Waals surface area contributed by atoms with Crippen molar-refractivity contribution in [3.8, 4) is 0 Å². The summed E-state index contributed by atoms with van der Waals surface area (Å²) in [7, 11) is 0. The Balaban J connectivity index is 2.13. The third kappa shape index (κ3) is 1.86. The van der Waals surface area contributed by atoms with Gasteiger partial charge in [-0.3, -0.25) is 4.79 Å². The van der Waals surface area contributed by atoms with E-state index in [1.54, 1.807) is 0 Å². The van der Waals surface area contributed by atoms with Gasteiger partial charge in [0.1, 0.15) is 0 Å². The van der Waals surface area contributed by atoms with Gasteiger partial charge in [0.05, 0.1) is 6.20 Å². The molecule has 0 spiro atoms. The molecule has 2 heterocycles. The Hall–Kier alpha value is -1.39. The van der Waals surface area contributed by atoms with Crippen molar-refractivity contribution in [1.29, 1.82) is 0 Å². The van der Waals surface area contributed by atoms with E-state index in [4.69, 9.17) is 0 Å². The number of hydrogen-bond donors (Lipinski definition) is 1. The molecule has 1 aliphatic rings. The van der Waals surface area contributed by atoms with Gasteiger partial charge in [-0.15, -0.1) is 0 Å². The van der Waals surface area contributed by atoms with Crippen molar-refractivity contribution in [2.45, 2.75) is 32.7 Å². The van der Waals surface area contributed by atoms with Gasteiger partial charge in [0.2, 0.25) is 0 Å². The molecule has 1 fully saturated rings. The van der Waals surface area contributed by atoms with Gasteiger partial charge in [-0.25, -0.2) is 0 Å². The zero-order valence-electron chi connectivity index (χ0n) is 9.10. The minimum atomic E-state index is -0.0000463. The van der Waals surface area contributed by atoms with Gasteiger partial charge in [-0.05, 0) is 18.8 Å². The number of amides is 1. The van der Waals surface area contributed by atoms with E-state index >= 15 is 0 Å². The first kappa shape index (κ1) is 10.1. The Labute approximate surface area is 88.9 Å². The summed E-state index contributed by atoms with van der Waals surface area (Å²) >= 11 is 0. The van der Waals surface area contributed by atoms with Gasteiger partial charge in [-0.1, -0.05) is 13.8 Å². The summed E-state index contributed by atoms with van der Waals surface area (Å²) in [6.45, 7) is 5.15. The molecule has 2 rings (SSSR count). The molecule has 1 amide bonds. The van der Waals surface area contributed by atoms with E-state index in [1.807, 2.05) is 4.90 Å². The molecule has 0 saturated carbocycles. The smallest absolute Gasteiger partial charge is 0.276 e. The van der Waals surface area contributed by atoms with Crippen molar-refractivity contribution < 1.29 is 4.79 Å². The summed E-state index contributed by atoms with van der Waals surface area (Å²) in [6, 6.07) is 0.356. The standard InChI is InChI=1S/C10H16N4O/c1-7(2)9-4-3-5-14(9)10(15)8-6-11-13-12-8/h6-7,9H,3-5H2,1-2H3,(H,11,12,13). The van der Waals surface area contributed by atoms with Crippen LogP contribution in [0.2, 0.25) is 0 Å². The van der Waals surface area contributed by atoms with Crippen molar-refractivity contribution in [3.63, 3.8) is 0 Å². The molecule has 1 atom stereocenters. The fourth-order valence-corrected chi connectivity index (χ4v) is 2.19. The maximum Gasteiger partial charge on any atom is 0.276 e. The number of carbonyl (C=O) groups excluding carboxylic acids is 1. The molecule has 82 valence electrons. The summed E-state index contributed by atoms with van der Waals surface area (Å²) in [5.41, 5.74) is 0.419. The number of nitrogens with one attached hydrogen (secondary N) is 1. The van der Waals surface area contributed by atoms with E-state index in [1.165, 1.54) is 6.20 Å². The topological polar surface area (TPSA) is 61.9 Å². The zero-order valence-corrected chi connectivity index (χ0v) is 9.10. The van der Waals surface area contributed by atoms with Crippen LogP contribution in [-0.4, -0.2) is 38.8 Å². The molecule has 0 radical (unpaired) electrons. The predicted molar refractivity (Wildman–Crippen MR) is 55.3 cm³/mol. The molecule has 1 N–H and O–H groups in total. The predicted octanol–water partition coefficient (Wildman–Crippen LogP) is 1.07. The lowest BCUT2D eigenvalue weighted by molar-refractivity contribution is 0.0695. The number of carbonyl (C=O) groups is 1. The normalized spacial score (nSPS) is 21.3. The Morgan fingerprint density at radius 3 is 3.07 bits per heavy atom. The minimum Gasteiger partial charge on any atom is -0.334 e. The SMILES string of the molecule is CC(C)C1CCCN1C(=O)c1cn[nH]n1. The van der Waals surface area contributed by atoms with Gasteiger partial charge in [0, 0.05) is 12.6 Å². The lowest BCUT2D eigenvalue weighted by Gasteiger charge is -2.26. The maximum absolute atomic E-state index is 12.0. The average Bonchev–Trinajstić information content (AvgIpc) is 2.88. The number of likely N-dealkylation sites (tertiary alicyclic amines) is 1. The third-order valence-electron chi connectivity index (χ3n) is 2.96. The zero-order chi connectivity index (χ0) is 10.8. The summed E-state index contributed by atoms with van der Waals surface area (Å²) in [5.74, 6) is 0.503. The summed E-state index contributed by atoms with van der Waals surface area (Å²) in [5, 5.41) is 9.96. The molecular weight excluding hydrogens is 192 g/mol. The molecule has 5 heteroatoms. The molecule has 15 heavy (non-hydrogen) atoms. The number of aromatic nitrogens is 3. The molecule has 1 aliphatic heterocycles. The van der Waals surface area contributed by atoms with Crippen LogP contribution in [0.5, 0.6) is 0 Å². The molecule has 0 bridgehead atoms. The molecule has 0 aliphatic carbocycles. The van der Waals surface area contributed by atoms with Crippen LogP contribution in [0.3, 0.4) is 0 Å². The highest BCUT2D eigenvalue weighted by Gasteiger charge is 2.32. The molecule has 0 aromatic carbocycles. The van der Waals surface area contributed by atoms with Crippen molar-refractivity contribution >= 4 is 5.91 Å². The first-order chi connectivity index (χ1) is 7.20. The van der Waals surface area contributed by atoms with Crippen LogP contribution in [0.25, 0.3) is 0 Å². The van der Waals surface area contributed by atoms with E-state index in [2.05, 4.69) is 29.3 Å². The van der Waals surface area contributed by atoms with Crippen LogP contribution in [-0.2, 0) is 0 Å². The van der Waals surface area contributed by atoms with Gasteiger partial charge in [-0.2, -0.15) is 15.4 Å². The van der Waals surface area contributed by atoms with E-state index in [0.29, 0.717) is 17.7 Å². The number of aromatic amines is 1. The van der Waals surface area contributed by atoms with Gasteiger partial charge in [0.15, 0.2) is 5.69 Å². The van der Waals surface area contributed by atoms with Crippen LogP contribution in [0.1, 0.15) is 37.2 Å². The van der Waals surface area contributed by atoms with E-state index in [0.717, 1.165) is 19.4 Å². The first-order valence-electron chi connectivity index (χ1n) is 5.37. The van der Waals surface area contributed by atoms with Gasteiger partial charge < -0.3 is 4.90 Å². The number of nitrogens with zero attached hydrogens (tertiary/aromatic N) is 3. The Kier molecular flexibility index (Phi) is 2.70. The van der Waals surface area contributed by atoms with Crippen LogP contribution >= 0.6 is 0 Å². The second kappa shape index (κ2) is 4.00. The van der Waals surface area contributed by atoms with E-state index in [-0.39, 0.29) is 5.91 Å². The molecule has 5 nitrogen and oxygen atoms in total. The van der Waals surface area contributed by atoms with Gasteiger partial charge >= 0.3 is 0 Å². The van der Waals surface area contributed by atoms with Crippen LogP contribution in [0.4, 0.5) is 0 Å². The molecular formula is C10H16N4O. The number of hydrogen-bond acceptors (Lipinski definition) is 3. The van der Waals surface area contributed by atoms with Crippen molar-refractivity contribution in [1.82, 2.24) is 20.3 Å². The minimum absolute atomic E-state index is 0.0000463. The number of rotatable bonds is 2. The second-order valence-electron chi connectivity index (χ2n) is 4.31. The monoisotopic (exact) mass is 208 g/mol. The summed E-state index contributed by atoms with van der Waals surface area (Å²) in [6.07, 6.45) is 3.67. The Bertz CT molecular complexity index is 333. The van der Waals surface area contributed by atoms with Crippen LogP contribution in [0, 0.1) is 5.92 Å². The average molecular weight is 208 g/mol. The highest BCUT2D eigenvalue weighted by atomic mass is 16.2. The first-order valence-corrected chi connectivity index (χ1v) is 5.37. The van der Waals surface area contributed by atoms with Gasteiger partial charge in [0.25, 0.3) is 5.91 Å². The molecule has 1 unspecified atom stereocenters. The van der Waals surface area contributed by atoms with Crippen LogP contribution < -0.4 is 0 Å². The second-order valence-corrected chi connectivity index (χ2v) is 4.31. The van der Waals surface area contributed by atoms with E-state index < -0.39 is 0 Å². The fourth-order valence-electron chi connectivity index (χ4n) is 2.19. The Morgan fingerprint density at radius 2 is 2.47 bits per heavy atom. The van der Waals surface area contributed by atoms with Crippen LogP contribution in [0.15, 0.2) is 6.20 Å². The molecule has 1 saturated heterocycles. The largest absolute Gasteiger partial charge is 0.334 e. The Morgan fingerprint density at radius 1 is 1.67 bits per heavy atom. The fraction of sp³-hybridized carbons (Fsp3) is 0.700. The molecule has 1 aromatic rings. The quantitative estimate of drug-likeness (QED) is 0.790. The molecule has 1 aromatic heterocycles. The highest BCUT2D eigenvalue weighted by Crippen LogP contribution is 2.24. The third-order valence-corrected chi connectivity index (χ3v) is 2.96. The lowest BCUT2D eigenvalue weighted by atomic mass is 10.0. The maximum atomic E-state index is 12.0. The highest BCUT2D eigenvalue weighted by molar-refractivity contribution is 5.92. The summed E-state index contributed by atoms with van der Waals surface area (Å²) in [4.78, 5) is 13.9. The number of H-pyrrole nitrogens is 1. The van der Waals surface area contributed by atoms with Crippen molar-refractivity contribution in [2.75, 3.05) is 6.54 Å². The summed E-state index contributed by atoms with van der Waals surface area (Å²) < 4.78 is 0. The van der Waals surface area contributed by atoms with E-state index in [9.17, 15) is 4.79 Å². The lowest BCUT2D eigenvalue weighted by Crippen LogP contribution is -2.38. The van der Waals surface area contributed by atoms with Crippen molar-refractivity contribution in [3.05, 3.63) is 11.9 Å². The van der Waals surface area contributed by atoms with Crippen molar-refractivity contribution in [2.24, 2.45) is 5.92 Å².